The Kier molecular flexibility index (Phi) is 6.42. The first-order valence-electron chi connectivity index (χ1n) is 6.11. The number of rotatable bonds is 7. The van der Waals surface area contributed by atoms with Crippen LogP contribution in [0.2, 0.25) is 0 Å². The lowest BCUT2D eigenvalue weighted by molar-refractivity contribution is 0.678. The first-order chi connectivity index (χ1) is 7.38. The Bertz CT molecular complexity index is 270. The molecule has 0 saturated heterocycles. The van der Waals surface area contributed by atoms with E-state index < -0.39 is 0 Å². The van der Waals surface area contributed by atoms with Crippen LogP contribution in [0.1, 0.15) is 57.2 Å². The molecule has 84 valence electrons. The third-order valence-corrected chi connectivity index (χ3v) is 3.53. The predicted octanol–water partition coefficient (Wildman–Crippen LogP) is 5.51. The molecule has 0 aliphatic heterocycles. The molecule has 0 atom stereocenters. The number of allylic oxidation sites excluding steroid dienone is 2. The van der Waals surface area contributed by atoms with Gasteiger partial charge in [-0.3, -0.25) is 0 Å². The van der Waals surface area contributed by atoms with Crippen molar-refractivity contribution in [1.82, 2.24) is 0 Å². The van der Waals surface area contributed by atoms with Crippen LogP contribution in [0.5, 0.6) is 0 Å². The zero-order chi connectivity index (χ0) is 10.9. The molecule has 0 fully saturated rings. The van der Waals surface area contributed by atoms with Crippen LogP contribution in [0.25, 0.3) is 5.57 Å². The van der Waals surface area contributed by atoms with Gasteiger partial charge in [-0.15, -0.1) is 11.3 Å². The molecule has 0 N–H and O–H groups in total. The summed E-state index contributed by atoms with van der Waals surface area (Å²) in [6.45, 7) is 4.49. The molecule has 0 nitrogen and oxygen atoms in total. The summed E-state index contributed by atoms with van der Waals surface area (Å²) < 4.78 is 0. The minimum atomic E-state index is 1.15. The Morgan fingerprint density at radius 1 is 1.27 bits per heavy atom. The average molecular weight is 222 g/mol. The maximum absolute atomic E-state index is 2.39. The van der Waals surface area contributed by atoms with Crippen LogP contribution in [-0.2, 0) is 0 Å². The smallest absolute Gasteiger partial charge is 0.0299 e. The van der Waals surface area contributed by atoms with Crippen molar-refractivity contribution in [1.29, 1.82) is 0 Å². The molecule has 0 aliphatic rings. The van der Waals surface area contributed by atoms with E-state index >= 15 is 0 Å². The van der Waals surface area contributed by atoms with Gasteiger partial charge in [0.05, 0.1) is 0 Å². The highest BCUT2D eigenvalue weighted by Gasteiger charge is 2.01. The molecule has 0 amide bonds. The van der Waals surface area contributed by atoms with Gasteiger partial charge in [0.2, 0.25) is 0 Å². The van der Waals surface area contributed by atoms with E-state index in [1.165, 1.54) is 37.0 Å². The van der Waals surface area contributed by atoms with Crippen molar-refractivity contribution in [3.63, 3.8) is 0 Å². The van der Waals surface area contributed by atoms with E-state index in [1.807, 2.05) is 11.3 Å². The van der Waals surface area contributed by atoms with Crippen molar-refractivity contribution >= 4 is 16.9 Å². The van der Waals surface area contributed by atoms with Gasteiger partial charge in [0, 0.05) is 4.88 Å². The molecular formula is C14H22S. The van der Waals surface area contributed by atoms with Crippen LogP contribution in [0.15, 0.2) is 23.6 Å². The summed E-state index contributed by atoms with van der Waals surface area (Å²) >= 11 is 1.87. The van der Waals surface area contributed by atoms with E-state index in [4.69, 9.17) is 0 Å². The van der Waals surface area contributed by atoms with Crippen molar-refractivity contribution in [2.45, 2.75) is 52.4 Å². The molecule has 0 aromatic carbocycles. The van der Waals surface area contributed by atoms with Gasteiger partial charge in [-0.1, -0.05) is 45.3 Å². The van der Waals surface area contributed by atoms with Crippen molar-refractivity contribution in [3.05, 3.63) is 28.5 Å². The first-order valence-corrected chi connectivity index (χ1v) is 6.99. The van der Waals surface area contributed by atoms with E-state index in [0.29, 0.717) is 0 Å². The lowest BCUT2D eigenvalue weighted by Gasteiger charge is -2.04. The third-order valence-electron chi connectivity index (χ3n) is 2.59. The van der Waals surface area contributed by atoms with Gasteiger partial charge >= 0.3 is 0 Å². The molecule has 0 radical (unpaired) electrons. The van der Waals surface area contributed by atoms with Crippen LogP contribution in [0.4, 0.5) is 0 Å². The summed E-state index contributed by atoms with van der Waals surface area (Å²) in [4.78, 5) is 1.47. The van der Waals surface area contributed by atoms with E-state index in [9.17, 15) is 0 Å². The summed E-state index contributed by atoms with van der Waals surface area (Å²) in [6, 6.07) is 4.39. The molecule has 0 spiro atoms. The van der Waals surface area contributed by atoms with Crippen LogP contribution in [0, 0.1) is 0 Å². The van der Waals surface area contributed by atoms with Gasteiger partial charge in [0.25, 0.3) is 0 Å². The second-order valence-electron chi connectivity index (χ2n) is 3.93. The monoisotopic (exact) mass is 222 g/mol. The minimum absolute atomic E-state index is 1.15. The van der Waals surface area contributed by atoms with E-state index in [0.717, 1.165) is 6.42 Å². The van der Waals surface area contributed by atoms with Gasteiger partial charge < -0.3 is 0 Å². The number of thiophene rings is 1. The van der Waals surface area contributed by atoms with Gasteiger partial charge in [-0.05, 0) is 36.3 Å². The van der Waals surface area contributed by atoms with Crippen LogP contribution < -0.4 is 0 Å². The molecule has 1 aromatic rings. The zero-order valence-electron chi connectivity index (χ0n) is 9.96. The largest absolute Gasteiger partial charge is 0.144 e. The Morgan fingerprint density at radius 3 is 2.73 bits per heavy atom. The Morgan fingerprint density at radius 2 is 2.13 bits per heavy atom. The molecule has 1 heterocycles. The van der Waals surface area contributed by atoms with Gasteiger partial charge in [-0.25, -0.2) is 0 Å². The summed E-state index contributed by atoms with van der Waals surface area (Å²) in [5.41, 5.74) is 1.56. The van der Waals surface area contributed by atoms with E-state index in [2.05, 4.69) is 37.4 Å². The Labute approximate surface area is 98.0 Å². The topological polar surface area (TPSA) is 0 Å². The maximum Gasteiger partial charge on any atom is 0.0299 e. The average Bonchev–Trinajstić information content (AvgIpc) is 2.76. The number of hydrogen-bond acceptors (Lipinski definition) is 1. The maximum atomic E-state index is 2.39. The summed E-state index contributed by atoms with van der Waals surface area (Å²) in [5.74, 6) is 0. The molecule has 1 rings (SSSR count). The van der Waals surface area contributed by atoms with Gasteiger partial charge in [-0.2, -0.15) is 0 Å². The fourth-order valence-electron chi connectivity index (χ4n) is 1.78. The summed E-state index contributed by atoms with van der Waals surface area (Å²) in [6.07, 6.45) is 10.2. The zero-order valence-corrected chi connectivity index (χ0v) is 10.8. The van der Waals surface area contributed by atoms with E-state index in [1.54, 1.807) is 5.57 Å². The van der Waals surface area contributed by atoms with Crippen molar-refractivity contribution in [2.24, 2.45) is 0 Å². The second-order valence-corrected chi connectivity index (χ2v) is 4.87. The lowest BCUT2D eigenvalue weighted by Crippen LogP contribution is -1.82. The normalized spacial score (nSPS) is 12.0. The molecule has 0 aliphatic carbocycles. The lowest BCUT2D eigenvalue weighted by atomic mass is 10.0. The van der Waals surface area contributed by atoms with Crippen molar-refractivity contribution < 1.29 is 0 Å². The van der Waals surface area contributed by atoms with Crippen LogP contribution in [-0.4, -0.2) is 0 Å². The Hall–Kier alpha value is -0.560. The molecule has 1 aromatic heterocycles. The van der Waals surface area contributed by atoms with Crippen LogP contribution >= 0.6 is 11.3 Å². The van der Waals surface area contributed by atoms with Crippen LogP contribution in [0.3, 0.4) is 0 Å². The molecule has 0 saturated carbocycles. The van der Waals surface area contributed by atoms with E-state index in [-0.39, 0.29) is 0 Å². The van der Waals surface area contributed by atoms with Crippen molar-refractivity contribution in [3.8, 4) is 0 Å². The number of unbranched alkanes of at least 4 members (excludes halogenated alkanes) is 3. The summed E-state index contributed by atoms with van der Waals surface area (Å²) in [5, 5.41) is 2.17. The quantitative estimate of drug-likeness (QED) is 0.533. The predicted molar refractivity (Wildman–Crippen MR) is 71.3 cm³/mol. The first kappa shape index (κ1) is 12.5. The minimum Gasteiger partial charge on any atom is -0.144 e. The number of hydrogen-bond donors (Lipinski definition) is 0. The van der Waals surface area contributed by atoms with Crippen molar-refractivity contribution in [2.75, 3.05) is 0 Å². The van der Waals surface area contributed by atoms with Gasteiger partial charge in [0.15, 0.2) is 0 Å². The van der Waals surface area contributed by atoms with Gasteiger partial charge in [0.1, 0.15) is 0 Å². The molecule has 15 heavy (non-hydrogen) atoms. The standard InChI is InChI=1S/C14H22S/c1-3-5-6-7-10-13(9-4-2)14-11-8-12-15-14/h8-9,11-12H,3-7,10H2,1-2H3/b13-9+. The molecule has 0 bridgehead atoms. The highest BCUT2D eigenvalue weighted by Crippen LogP contribution is 2.25. The third kappa shape index (κ3) is 4.65. The SMILES string of the molecule is CC/C=C(\CCCCCC)c1cccs1. The molecule has 0 unspecified atom stereocenters. The molecular weight excluding hydrogens is 200 g/mol. The summed E-state index contributed by atoms with van der Waals surface area (Å²) in [7, 11) is 0. The Balaban J connectivity index is 2.42. The molecule has 1 heteroatoms. The fraction of sp³-hybridized carbons (Fsp3) is 0.571. The fourth-order valence-corrected chi connectivity index (χ4v) is 2.57. The highest BCUT2D eigenvalue weighted by atomic mass is 32.1. The highest BCUT2D eigenvalue weighted by molar-refractivity contribution is 7.11. The second kappa shape index (κ2) is 7.70.